The van der Waals surface area contributed by atoms with Crippen LogP contribution in [0.25, 0.3) is 0 Å². The average Bonchev–Trinajstić information content (AvgIpc) is 3.02. The van der Waals surface area contributed by atoms with Crippen molar-refractivity contribution in [2.45, 2.75) is 37.8 Å². The Hall–Kier alpha value is -1.88. The maximum absolute atomic E-state index is 12.5. The number of likely N-dealkylation sites (tertiary alicyclic amines) is 1. The number of carboxylic acid groups (broad SMARTS) is 1. The van der Waals surface area contributed by atoms with E-state index in [1.807, 2.05) is 12.1 Å². The molecule has 0 aromatic heterocycles. The van der Waals surface area contributed by atoms with Gasteiger partial charge in [-0.05, 0) is 42.5 Å². The number of aliphatic hydroxyl groups excluding tert-OH is 1. The summed E-state index contributed by atoms with van der Waals surface area (Å²) in [5.74, 6) is -1.36. The van der Waals surface area contributed by atoms with E-state index >= 15 is 0 Å². The molecule has 0 saturated carbocycles. The molecule has 106 valence electrons. The van der Waals surface area contributed by atoms with E-state index in [4.69, 9.17) is 5.11 Å². The molecule has 0 spiro atoms. The number of amides is 1. The van der Waals surface area contributed by atoms with Crippen molar-refractivity contribution in [1.29, 1.82) is 0 Å². The second-order valence-corrected chi connectivity index (χ2v) is 5.54. The van der Waals surface area contributed by atoms with Gasteiger partial charge in [0.25, 0.3) is 5.91 Å². The van der Waals surface area contributed by atoms with E-state index in [0.717, 1.165) is 19.3 Å². The van der Waals surface area contributed by atoms with Gasteiger partial charge in [-0.1, -0.05) is 6.07 Å². The SMILES string of the molecule is O=C(O)[C@@H]1C[C@@H](O)CN1C(=O)c1ccc2c(c1)CCC2. The lowest BCUT2D eigenvalue weighted by Crippen LogP contribution is -2.40. The highest BCUT2D eigenvalue weighted by molar-refractivity contribution is 5.97. The summed E-state index contributed by atoms with van der Waals surface area (Å²) < 4.78 is 0. The Kier molecular flexibility index (Phi) is 3.22. The van der Waals surface area contributed by atoms with Gasteiger partial charge in [0.2, 0.25) is 0 Å². The zero-order chi connectivity index (χ0) is 14.3. The number of β-amino-alcohol motifs (C(OH)–C–C–N with tert-alkyl or cyclic N) is 1. The summed E-state index contributed by atoms with van der Waals surface area (Å²) >= 11 is 0. The van der Waals surface area contributed by atoms with Crippen LogP contribution in [0.15, 0.2) is 18.2 Å². The number of aliphatic carboxylic acids is 1. The Morgan fingerprint density at radius 3 is 2.70 bits per heavy atom. The zero-order valence-corrected chi connectivity index (χ0v) is 11.1. The topological polar surface area (TPSA) is 77.8 Å². The molecule has 0 bridgehead atoms. The van der Waals surface area contributed by atoms with E-state index in [1.165, 1.54) is 16.0 Å². The van der Waals surface area contributed by atoms with Crippen LogP contribution in [-0.4, -0.2) is 45.7 Å². The van der Waals surface area contributed by atoms with Gasteiger partial charge in [-0.2, -0.15) is 0 Å². The molecule has 1 aliphatic heterocycles. The summed E-state index contributed by atoms with van der Waals surface area (Å²) in [4.78, 5) is 24.9. The number of carbonyl (C=O) groups is 2. The third-order valence-electron chi connectivity index (χ3n) is 4.17. The quantitative estimate of drug-likeness (QED) is 0.838. The number of nitrogens with zero attached hydrogens (tertiary/aromatic N) is 1. The molecule has 1 saturated heterocycles. The van der Waals surface area contributed by atoms with Crippen molar-refractivity contribution in [3.05, 3.63) is 34.9 Å². The molecule has 0 radical (unpaired) electrons. The van der Waals surface area contributed by atoms with Crippen LogP contribution in [-0.2, 0) is 17.6 Å². The van der Waals surface area contributed by atoms with E-state index in [0.29, 0.717) is 5.56 Å². The van der Waals surface area contributed by atoms with Crippen molar-refractivity contribution in [1.82, 2.24) is 4.90 Å². The molecule has 1 fully saturated rings. The molecular weight excluding hydrogens is 258 g/mol. The molecule has 1 aromatic rings. The monoisotopic (exact) mass is 275 g/mol. The minimum absolute atomic E-state index is 0.0902. The van der Waals surface area contributed by atoms with Crippen LogP contribution >= 0.6 is 0 Å². The molecule has 1 amide bonds. The first-order valence-corrected chi connectivity index (χ1v) is 6.90. The fourth-order valence-corrected chi connectivity index (χ4v) is 3.14. The lowest BCUT2D eigenvalue weighted by Gasteiger charge is -2.21. The van der Waals surface area contributed by atoms with Gasteiger partial charge in [0.05, 0.1) is 6.10 Å². The van der Waals surface area contributed by atoms with Crippen LogP contribution in [0.3, 0.4) is 0 Å². The molecule has 3 rings (SSSR count). The number of fused-ring (bicyclic) bond motifs is 1. The van der Waals surface area contributed by atoms with Crippen molar-refractivity contribution in [2.75, 3.05) is 6.54 Å². The van der Waals surface area contributed by atoms with Crippen molar-refractivity contribution in [2.24, 2.45) is 0 Å². The van der Waals surface area contributed by atoms with E-state index in [-0.39, 0.29) is 18.9 Å². The van der Waals surface area contributed by atoms with Crippen LogP contribution in [0.1, 0.15) is 34.3 Å². The first kappa shape index (κ1) is 13.1. The average molecular weight is 275 g/mol. The first-order valence-electron chi connectivity index (χ1n) is 6.90. The molecule has 20 heavy (non-hydrogen) atoms. The molecule has 1 aromatic carbocycles. The highest BCUT2D eigenvalue weighted by atomic mass is 16.4. The smallest absolute Gasteiger partial charge is 0.326 e. The molecule has 1 aliphatic carbocycles. The third-order valence-corrected chi connectivity index (χ3v) is 4.17. The summed E-state index contributed by atoms with van der Waals surface area (Å²) in [5, 5.41) is 18.8. The normalized spacial score (nSPS) is 24.8. The fourth-order valence-electron chi connectivity index (χ4n) is 3.14. The van der Waals surface area contributed by atoms with E-state index in [1.54, 1.807) is 6.07 Å². The highest BCUT2D eigenvalue weighted by Crippen LogP contribution is 2.25. The summed E-state index contributed by atoms with van der Waals surface area (Å²) in [6, 6.07) is 4.66. The minimum atomic E-state index is -1.06. The Bertz CT molecular complexity index is 569. The van der Waals surface area contributed by atoms with Crippen LogP contribution in [0.2, 0.25) is 0 Å². The van der Waals surface area contributed by atoms with Gasteiger partial charge < -0.3 is 15.1 Å². The maximum atomic E-state index is 12.5. The first-order chi connectivity index (χ1) is 9.56. The predicted molar refractivity (Wildman–Crippen MR) is 71.6 cm³/mol. The van der Waals surface area contributed by atoms with Crippen LogP contribution in [0, 0.1) is 0 Å². The van der Waals surface area contributed by atoms with Gasteiger partial charge in [-0.15, -0.1) is 0 Å². The number of rotatable bonds is 2. The molecule has 2 atom stereocenters. The summed E-state index contributed by atoms with van der Waals surface area (Å²) in [7, 11) is 0. The van der Waals surface area contributed by atoms with E-state index in [2.05, 4.69) is 0 Å². The molecule has 0 unspecified atom stereocenters. The molecule has 5 nitrogen and oxygen atoms in total. The van der Waals surface area contributed by atoms with Crippen molar-refractivity contribution < 1.29 is 19.8 Å². The van der Waals surface area contributed by atoms with Crippen molar-refractivity contribution >= 4 is 11.9 Å². The molecule has 1 heterocycles. The Morgan fingerprint density at radius 1 is 1.20 bits per heavy atom. The summed E-state index contributed by atoms with van der Waals surface area (Å²) in [5.41, 5.74) is 2.98. The van der Waals surface area contributed by atoms with Gasteiger partial charge in [0, 0.05) is 18.5 Å². The number of hydrogen-bond donors (Lipinski definition) is 2. The molecular formula is C15H17NO4. The van der Waals surface area contributed by atoms with E-state index in [9.17, 15) is 14.7 Å². The minimum Gasteiger partial charge on any atom is -0.480 e. The fraction of sp³-hybridized carbons (Fsp3) is 0.467. The second kappa shape index (κ2) is 4.90. The number of carboxylic acids is 1. The number of benzene rings is 1. The largest absolute Gasteiger partial charge is 0.480 e. The van der Waals surface area contributed by atoms with Gasteiger partial charge in [-0.3, -0.25) is 4.79 Å². The number of carbonyl (C=O) groups excluding carboxylic acids is 1. The highest BCUT2D eigenvalue weighted by Gasteiger charge is 2.39. The maximum Gasteiger partial charge on any atom is 0.326 e. The van der Waals surface area contributed by atoms with Crippen molar-refractivity contribution in [3.8, 4) is 0 Å². The predicted octanol–water partition coefficient (Wildman–Crippen LogP) is 0.835. The van der Waals surface area contributed by atoms with Crippen molar-refractivity contribution in [3.63, 3.8) is 0 Å². The van der Waals surface area contributed by atoms with Gasteiger partial charge >= 0.3 is 5.97 Å². The molecule has 2 aliphatic rings. The lowest BCUT2D eigenvalue weighted by molar-refractivity contribution is -0.141. The van der Waals surface area contributed by atoms with Crippen LogP contribution in [0.4, 0.5) is 0 Å². The Labute approximate surface area is 116 Å². The summed E-state index contributed by atoms with van der Waals surface area (Å²) in [6.45, 7) is 0.0902. The summed E-state index contributed by atoms with van der Waals surface area (Å²) in [6.07, 6.45) is 2.47. The molecule has 5 heteroatoms. The Balaban J connectivity index is 1.86. The lowest BCUT2D eigenvalue weighted by atomic mass is 10.1. The Morgan fingerprint density at radius 2 is 1.95 bits per heavy atom. The zero-order valence-electron chi connectivity index (χ0n) is 11.1. The second-order valence-electron chi connectivity index (χ2n) is 5.54. The van der Waals surface area contributed by atoms with Gasteiger partial charge in [-0.25, -0.2) is 4.79 Å². The van der Waals surface area contributed by atoms with Crippen LogP contribution < -0.4 is 0 Å². The number of hydrogen-bond acceptors (Lipinski definition) is 3. The van der Waals surface area contributed by atoms with Gasteiger partial charge in [0.15, 0.2) is 0 Å². The number of aryl methyl sites for hydroxylation is 2. The van der Waals surface area contributed by atoms with Gasteiger partial charge in [0.1, 0.15) is 6.04 Å². The molecule has 2 N–H and O–H groups in total. The van der Waals surface area contributed by atoms with Crippen LogP contribution in [0.5, 0.6) is 0 Å². The standard InChI is InChI=1S/C15H17NO4/c17-12-7-13(15(19)20)16(8-12)14(18)11-5-4-9-2-1-3-10(9)6-11/h4-6,12-13,17H,1-3,7-8H2,(H,19,20)/t12-,13+/m1/s1. The number of aliphatic hydroxyl groups is 1. The third kappa shape index (κ3) is 2.18. The van der Waals surface area contributed by atoms with E-state index < -0.39 is 18.1 Å².